The lowest BCUT2D eigenvalue weighted by molar-refractivity contribution is -0.151. The van der Waals surface area contributed by atoms with Crippen molar-refractivity contribution in [2.75, 3.05) is 6.61 Å². The third-order valence-electron chi connectivity index (χ3n) is 2.48. The lowest BCUT2D eigenvalue weighted by atomic mass is 9.84. The summed E-state index contributed by atoms with van der Waals surface area (Å²) in [5.74, 6) is -0.221. The van der Waals surface area contributed by atoms with Crippen LogP contribution in [0.15, 0.2) is 11.0 Å². The highest BCUT2D eigenvalue weighted by Crippen LogP contribution is 2.43. The van der Waals surface area contributed by atoms with E-state index < -0.39 is 5.41 Å². The molecule has 0 aromatic carbocycles. The standard InChI is InChI=1S/C9H15NO2S/c1-4-12-8(11)9(3)6(2)5-13-7(9)10/h5,7H,4,10H2,1-3H3. The van der Waals surface area contributed by atoms with Gasteiger partial charge in [0.1, 0.15) is 5.41 Å². The molecule has 0 aliphatic carbocycles. The number of esters is 1. The minimum atomic E-state index is -0.638. The van der Waals surface area contributed by atoms with Crippen molar-refractivity contribution in [2.24, 2.45) is 11.1 Å². The molecule has 0 saturated heterocycles. The van der Waals surface area contributed by atoms with Gasteiger partial charge < -0.3 is 10.5 Å². The van der Waals surface area contributed by atoms with Gasteiger partial charge in [-0.25, -0.2) is 0 Å². The van der Waals surface area contributed by atoms with Gasteiger partial charge in [-0.1, -0.05) is 0 Å². The van der Waals surface area contributed by atoms with E-state index in [9.17, 15) is 4.79 Å². The van der Waals surface area contributed by atoms with Gasteiger partial charge in [0, 0.05) is 0 Å². The highest BCUT2D eigenvalue weighted by atomic mass is 32.2. The van der Waals surface area contributed by atoms with Crippen LogP contribution in [0.3, 0.4) is 0 Å². The Labute approximate surface area is 82.7 Å². The molecule has 0 aromatic rings. The molecule has 2 atom stereocenters. The van der Waals surface area contributed by atoms with Crippen molar-refractivity contribution >= 4 is 17.7 Å². The third-order valence-corrected chi connectivity index (χ3v) is 3.73. The molecule has 0 radical (unpaired) electrons. The van der Waals surface area contributed by atoms with Crippen molar-refractivity contribution in [1.29, 1.82) is 0 Å². The van der Waals surface area contributed by atoms with E-state index in [2.05, 4.69) is 0 Å². The number of nitrogens with two attached hydrogens (primary N) is 1. The first kappa shape index (κ1) is 10.6. The summed E-state index contributed by atoms with van der Waals surface area (Å²) in [7, 11) is 0. The monoisotopic (exact) mass is 201 g/mol. The van der Waals surface area contributed by atoms with Crippen molar-refractivity contribution in [3.63, 3.8) is 0 Å². The van der Waals surface area contributed by atoms with Gasteiger partial charge >= 0.3 is 5.97 Å². The molecule has 74 valence electrons. The van der Waals surface area contributed by atoms with E-state index in [0.29, 0.717) is 6.61 Å². The van der Waals surface area contributed by atoms with Crippen molar-refractivity contribution < 1.29 is 9.53 Å². The van der Waals surface area contributed by atoms with Crippen LogP contribution in [-0.4, -0.2) is 18.0 Å². The summed E-state index contributed by atoms with van der Waals surface area (Å²) in [6.07, 6.45) is 0. The summed E-state index contributed by atoms with van der Waals surface area (Å²) >= 11 is 1.48. The number of carbonyl (C=O) groups excluding carboxylic acids is 1. The van der Waals surface area contributed by atoms with Gasteiger partial charge in [-0.3, -0.25) is 4.79 Å². The molecular weight excluding hydrogens is 186 g/mol. The van der Waals surface area contributed by atoms with Crippen LogP contribution in [0, 0.1) is 5.41 Å². The molecule has 0 fully saturated rings. The lowest BCUT2D eigenvalue weighted by Crippen LogP contribution is -2.42. The van der Waals surface area contributed by atoms with Crippen LogP contribution in [-0.2, 0) is 9.53 Å². The highest BCUT2D eigenvalue weighted by molar-refractivity contribution is 8.03. The molecule has 0 spiro atoms. The first-order valence-electron chi connectivity index (χ1n) is 4.29. The maximum atomic E-state index is 11.6. The average molecular weight is 201 g/mol. The van der Waals surface area contributed by atoms with E-state index in [1.807, 2.05) is 19.3 Å². The molecule has 3 nitrogen and oxygen atoms in total. The Bertz CT molecular complexity index is 252. The van der Waals surface area contributed by atoms with Gasteiger partial charge in [0.15, 0.2) is 0 Å². The van der Waals surface area contributed by atoms with Gasteiger partial charge in [0.05, 0.1) is 12.0 Å². The molecule has 0 bridgehead atoms. The Morgan fingerprint density at radius 3 is 2.85 bits per heavy atom. The summed E-state index contributed by atoms with van der Waals surface area (Å²) in [5.41, 5.74) is 6.20. The lowest BCUT2D eigenvalue weighted by Gasteiger charge is -2.27. The topological polar surface area (TPSA) is 52.3 Å². The summed E-state index contributed by atoms with van der Waals surface area (Å²) < 4.78 is 5.00. The molecule has 0 aromatic heterocycles. The van der Waals surface area contributed by atoms with Crippen molar-refractivity contribution in [3.8, 4) is 0 Å². The van der Waals surface area contributed by atoms with Crippen LogP contribution < -0.4 is 5.73 Å². The minimum absolute atomic E-state index is 0.216. The van der Waals surface area contributed by atoms with E-state index in [1.54, 1.807) is 6.92 Å². The van der Waals surface area contributed by atoms with Crippen molar-refractivity contribution in [3.05, 3.63) is 11.0 Å². The van der Waals surface area contributed by atoms with E-state index in [4.69, 9.17) is 10.5 Å². The largest absolute Gasteiger partial charge is 0.465 e. The fourth-order valence-electron chi connectivity index (χ4n) is 1.22. The fraction of sp³-hybridized carbons (Fsp3) is 0.667. The second-order valence-electron chi connectivity index (χ2n) is 3.28. The fourth-order valence-corrected chi connectivity index (χ4v) is 2.37. The molecule has 0 amide bonds. The predicted octanol–water partition coefficient (Wildman–Crippen LogP) is 1.49. The average Bonchev–Trinajstić information content (AvgIpc) is 2.35. The number of hydrogen-bond acceptors (Lipinski definition) is 4. The van der Waals surface area contributed by atoms with Gasteiger partial charge in [0.2, 0.25) is 0 Å². The number of thioether (sulfide) groups is 1. The Kier molecular flexibility index (Phi) is 3.03. The van der Waals surface area contributed by atoms with Gasteiger partial charge in [-0.15, -0.1) is 11.8 Å². The van der Waals surface area contributed by atoms with Gasteiger partial charge in [-0.05, 0) is 31.8 Å². The quantitative estimate of drug-likeness (QED) is 0.688. The molecule has 0 saturated carbocycles. The zero-order valence-electron chi connectivity index (χ0n) is 8.16. The van der Waals surface area contributed by atoms with Gasteiger partial charge in [-0.2, -0.15) is 0 Å². The Hall–Kier alpha value is -0.480. The molecule has 1 aliphatic rings. The Morgan fingerprint density at radius 2 is 2.46 bits per heavy atom. The third kappa shape index (κ3) is 1.60. The van der Waals surface area contributed by atoms with Crippen LogP contribution in [0.1, 0.15) is 20.8 Å². The van der Waals surface area contributed by atoms with Crippen LogP contribution in [0.2, 0.25) is 0 Å². The molecule has 13 heavy (non-hydrogen) atoms. The van der Waals surface area contributed by atoms with Crippen LogP contribution in [0.5, 0.6) is 0 Å². The normalized spacial score (nSPS) is 32.9. The first-order valence-corrected chi connectivity index (χ1v) is 5.23. The van der Waals surface area contributed by atoms with E-state index in [-0.39, 0.29) is 11.3 Å². The second kappa shape index (κ2) is 3.72. The zero-order valence-corrected chi connectivity index (χ0v) is 8.98. The minimum Gasteiger partial charge on any atom is -0.465 e. The number of ether oxygens (including phenoxy) is 1. The molecule has 1 rings (SSSR count). The van der Waals surface area contributed by atoms with Gasteiger partial charge in [0.25, 0.3) is 0 Å². The van der Waals surface area contributed by atoms with Crippen molar-refractivity contribution in [1.82, 2.24) is 0 Å². The maximum absolute atomic E-state index is 11.6. The van der Waals surface area contributed by atoms with Crippen LogP contribution in [0.4, 0.5) is 0 Å². The van der Waals surface area contributed by atoms with E-state index in [1.165, 1.54) is 11.8 Å². The molecule has 1 aliphatic heterocycles. The SMILES string of the molecule is CCOC(=O)C1(C)C(C)=CSC1N. The molecule has 1 heterocycles. The van der Waals surface area contributed by atoms with Crippen LogP contribution >= 0.6 is 11.8 Å². The first-order chi connectivity index (χ1) is 6.03. The summed E-state index contributed by atoms with van der Waals surface area (Å²) in [4.78, 5) is 11.6. The highest BCUT2D eigenvalue weighted by Gasteiger charge is 2.46. The van der Waals surface area contributed by atoms with Crippen LogP contribution in [0.25, 0.3) is 0 Å². The summed E-state index contributed by atoms with van der Waals surface area (Å²) in [6, 6.07) is 0. The van der Waals surface area contributed by atoms with E-state index in [0.717, 1.165) is 5.57 Å². The molecular formula is C9H15NO2S. The predicted molar refractivity (Wildman–Crippen MR) is 54.1 cm³/mol. The smallest absolute Gasteiger partial charge is 0.318 e. The number of rotatable bonds is 2. The Balaban J connectivity index is 2.85. The number of hydrogen-bond donors (Lipinski definition) is 1. The second-order valence-corrected chi connectivity index (χ2v) is 4.30. The summed E-state index contributed by atoms with van der Waals surface area (Å²) in [5, 5.41) is 1.72. The van der Waals surface area contributed by atoms with E-state index >= 15 is 0 Å². The zero-order chi connectivity index (χ0) is 10.1. The molecule has 2 unspecified atom stereocenters. The molecule has 2 N–H and O–H groups in total. The summed E-state index contributed by atoms with van der Waals surface area (Å²) in [6.45, 7) is 5.95. The maximum Gasteiger partial charge on any atom is 0.318 e. The van der Waals surface area contributed by atoms with Crippen molar-refractivity contribution in [2.45, 2.75) is 26.1 Å². The Morgan fingerprint density at radius 1 is 1.85 bits per heavy atom. The number of carbonyl (C=O) groups is 1. The molecule has 4 heteroatoms.